The highest BCUT2D eigenvalue weighted by Crippen LogP contribution is 2.33. The molecule has 2 saturated heterocycles. The van der Waals surface area contributed by atoms with E-state index >= 15 is 0 Å². The summed E-state index contributed by atoms with van der Waals surface area (Å²) in [5, 5.41) is 4.11. The average molecular weight is 399 g/mol. The van der Waals surface area contributed by atoms with Crippen LogP contribution in [0.4, 0.5) is 0 Å². The third-order valence-electron chi connectivity index (χ3n) is 5.44. The minimum atomic E-state index is -0.523. The van der Waals surface area contributed by atoms with Crippen molar-refractivity contribution in [2.45, 2.75) is 43.9 Å². The zero-order chi connectivity index (χ0) is 20.1. The fourth-order valence-corrected chi connectivity index (χ4v) is 3.95. The first kappa shape index (κ1) is 19.7. The molecule has 9 nitrogen and oxygen atoms in total. The summed E-state index contributed by atoms with van der Waals surface area (Å²) in [4.78, 5) is 34.5. The zero-order valence-electron chi connectivity index (χ0n) is 16.3. The summed E-state index contributed by atoms with van der Waals surface area (Å²) < 4.78 is 13.5. The van der Waals surface area contributed by atoms with Crippen molar-refractivity contribution in [3.63, 3.8) is 0 Å². The summed E-state index contributed by atoms with van der Waals surface area (Å²) in [5.41, 5.74) is 0.279. The quantitative estimate of drug-likeness (QED) is 0.719. The average Bonchev–Trinajstić information content (AvgIpc) is 3.00. The molecule has 9 heteroatoms. The predicted octanol–water partition coefficient (Wildman–Crippen LogP) is 0.443. The molecule has 2 fully saturated rings. The van der Waals surface area contributed by atoms with Gasteiger partial charge in [0.2, 0.25) is 5.91 Å². The largest absolute Gasteiger partial charge is 0.377 e. The number of rotatable bonds is 5. The van der Waals surface area contributed by atoms with Crippen molar-refractivity contribution in [1.29, 1.82) is 0 Å². The Bertz CT molecular complexity index is 890. The zero-order valence-corrected chi connectivity index (χ0v) is 16.3. The molecule has 1 unspecified atom stereocenters. The first-order chi connectivity index (χ1) is 14.1. The van der Waals surface area contributed by atoms with Crippen LogP contribution < -0.4 is 5.56 Å². The van der Waals surface area contributed by atoms with E-state index in [0.29, 0.717) is 45.7 Å². The van der Waals surface area contributed by atoms with Crippen LogP contribution >= 0.6 is 0 Å². The Morgan fingerprint density at radius 2 is 2.17 bits per heavy atom. The number of amides is 1. The van der Waals surface area contributed by atoms with Gasteiger partial charge in [-0.05, 0) is 30.9 Å². The Labute approximate surface area is 168 Å². The minimum Gasteiger partial charge on any atom is -0.377 e. The van der Waals surface area contributed by atoms with Gasteiger partial charge in [-0.25, -0.2) is 14.6 Å². The van der Waals surface area contributed by atoms with Crippen molar-refractivity contribution in [3.8, 4) is 0 Å². The van der Waals surface area contributed by atoms with Gasteiger partial charge in [-0.1, -0.05) is 0 Å². The van der Waals surface area contributed by atoms with Crippen LogP contribution in [-0.4, -0.2) is 68.6 Å². The molecule has 4 rings (SSSR count). The highest BCUT2D eigenvalue weighted by molar-refractivity contribution is 5.76. The molecule has 2 atom stereocenters. The van der Waals surface area contributed by atoms with E-state index in [1.165, 1.54) is 17.1 Å². The molecule has 1 amide bonds. The number of hydrogen-bond donors (Lipinski definition) is 0. The molecule has 0 N–H and O–H groups in total. The maximum absolute atomic E-state index is 12.8. The molecule has 2 aliphatic heterocycles. The van der Waals surface area contributed by atoms with E-state index in [4.69, 9.17) is 9.47 Å². The Morgan fingerprint density at radius 1 is 1.31 bits per heavy atom. The van der Waals surface area contributed by atoms with Crippen molar-refractivity contribution in [2.24, 2.45) is 0 Å². The van der Waals surface area contributed by atoms with Gasteiger partial charge in [0.15, 0.2) is 0 Å². The molecule has 0 saturated carbocycles. The fraction of sp³-hybridized carbons (Fsp3) is 0.550. The number of aryl methyl sites for hydroxylation is 1. The van der Waals surface area contributed by atoms with E-state index in [0.717, 1.165) is 18.4 Å². The summed E-state index contributed by atoms with van der Waals surface area (Å²) in [5.74, 6) is 0.0757. The Kier molecular flexibility index (Phi) is 5.96. The summed E-state index contributed by atoms with van der Waals surface area (Å²) in [6, 6.07) is 3.12. The fourth-order valence-electron chi connectivity index (χ4n) is 3.95. The molecule has 29 heavy (non-hydrogen) atoms. The Hall–Kier alpha value is -2.65. The highest BCUT2D eigenvalue weighted by atomic mass is 16.6. The molecule has 1 spiro atoms. The van der Waals surface area contributed by atoms with Crippen molar-refractivity contribution in [3.05, 3.63) is 53.0 Å². The van der Waals surface area contributed by atoms with Crippen LogP contribution in [0.1, 0.15) is 24.8 Å². The summed E-state index contributed by atoms with van der Waals surface area (Å²) in [7, 11) is 0. The summed E-state index contributed by atoms with van der Waals surface area (Å²) in [6.07, 6.45) is 9.02. The lowest BCUT2D eigenvalue weighted by atomic mass is 9.99. The third-order valence-corrected chi connectivity index (χ3v) is 5.44. The smallest absolute Gasteiger partial charge is 0.266 e. The van der Waals surface area contributed by atoms with Gasteiger partial charge in [0.25, 0.3) is 5.56 Å². The van der Waals surface area contributed by atoms with Gasteiger partial charge in [-0.3, -0.25) is 9.59 Å². The van der Waals surface area contributed by atoms with Crippen LogP contribution in [0.3, 0.4) is 0 Å². The molecule has 2 aromatic rings. The van der Waals surface area contributed by atoms with Crippen LogP contribution in [-0.2, 0) is 27.2 Å². The third kappa shape index (κ3) is 4.86. The standard InChI is InChI=1S/C20H25N5O4/c26-18(4-3-16-10-21-15-22-11-16)24-8-9-28-14-20(13-24)6-5-17(29-20)12-25-19(27)2-1-7-23-25/h1-2,7,10-11,15,17H,3-6,8-9,12-14H2/t17?,20-/m0/s1. The maximum atomic E-state index is 12.8. The topological polar surface area (TPSA) is 99.4 Å². The normalized spacial score (nSPS) is 24.6. The monoisotopic (exact) mass is 399 g/mol. The van der Waals surface area contributed by atoms with E-state index in [1.54, 1.807) is 24.7 Å². The minimum absolute atomic E-state index is 0.0757. The molecule has 4 heterocycles. The van der Waals surface area contributed by atoms with Crippen LogP contribution in [0.5, 0.6) is 0 Å². The summed E-state index contributed by atoms with van der Waals surface area (Å²) in [6.45, 7) is 2.42. The van der Waals surface area contributed by atoms with Crippen LogP contribution in [0, 0.1) is 0 Å². The number of carbonyl (C=O) groups excluding carboxylic acids is 1. The lowest BCUT2D eigenvalue weighted by Crippen LogP contribution is -2.47. The van der Waals surface area contributed by atoms with Crippen molar-refractivity contribution < 1.29 is 14.3 Å². The number of hydrogen-bond acceptors (Lipinski definition) is 7. The SMILES string of the molecule is O=C(CCc1cncnc1)N1CCOC[C@]2(CCC(Cn3ncccc3=O)O2)C1. The van der Waals surface area contributed by atoms with Gasteiger partial charge in [0, 0.05) is 37.6 Å². The van der Waals surface area contributed by atoms with Crippen molar-refractivity contribution >= 4 is 5.91 Å². The van der Waals surface area contributed by atoms with Crippen LogP contribution in [0.15, 0.2) is 41.8 Å². The molecular formula is C20H25N5O4. The maximum Gasteiger partial charge on any atom is 0.266 e. The van der Waals surface area contributed by atoms with Gasteiger partial charge < -0.3 is 14.4 Å². The molecule has 0 bridgehead atoms. The van der Waals surface area contributed by atoms with Crippen LogP contribution in [0.25, 0.3) is 0 Å². The number of carbonyl (C=O) groups is 1. The van der Waals surface area contributed by atoms with Gasteiger partial charge in [0.05, 0.1) is 32.4 Å². The predicted molar refractivity (Wildman–Crippen MR) is 103 cm³/mol. The van der Waals surface area contributed by atoms with Gasteiger partial charge >= 0.3 is 0 Å². The van der Waals surface area contributed by atoms with Gasteiger partial charge in [-0.2, -0.15) is 5.10 Å². The molecule has 0 aliphatic carbocycles. The van der Waals surface area contributed by atoms with Gasteiger partial charge in [-0.15, -0.1) is 0 Å². The van der Waals surface area contributed by atoms with E-state index in [1.807, 2.05) is 4.90 Å². The molecule has 0 aromatic carbocycles. The van der Waals surface area contributed by atoms with Gasteiger partial charge in [0.1, 0.15) is 11.9 Å². The summed E-state index contributed by atoms with van der Waals surface area (Å²) >= 11 is 0. The first-order valence-electron chi connectivity index (χ1n) is 9.93. The second-order valence-electron chi connectivity index (χ2n) is 7.62. The molecule has 0 radical (unpaired) electrons. The molecule has 2 aliphatic rings. The first-order valence-corrected chi connectivity index (χ1v) is 9.93. The van der Waals surface area contributed by atoms with E-state index < -0.39 is 5.60 Å². The Balaban J connectivity index is 1.37. The number of aromatic nitrogens is 4. The van der Waals surface area contributed by atoms with E-state index in [-0.39, 0.29) is 17.6 Å². The lowest BCUT2D eigenvalue weighted by Gasteiger charge is -2.32. The van der Waals surface area contributed by atoms with E-state index in [2.05, 4.69) is 15.1 Å². The highest BCUT2D eigenvalue weighted by Gasteiger charge is 2.44. The number of ether oxygens (including phenoxy) is 2. The van der Waals surface area contributed by atoms with Crippen LogP contribution in [0.2, 0.25) is 0 Å². The lowest BCUT2D eigenvalue weighted by molar-refractivity contribution is -0.136. The second-order valence-corrected chi connectivity index (χ2v) is 7.62. The number of nitrogens with zero attached hydrogens (tertiary/aromatic N) is 5. The van der Waals surface area contributed by atoms with Crippen molar-refractivity contribution in [1.82, 2.24) is 24.6 Å². The Morgan fingerprint density at radius 3 is 3.00 bits per heavy atom. The van der Waals surface area contributed by atoms with Crippen molar-refractivity contribution in [2.75, 3.05) is 26.3 Å². The molecule has 2 aromatic heterocycles. The molecule has 154 valence electrons. The van der Waals surface area contributed by atoms with E-state index in [9.17, 15) is 9.59 Å². The second kappa shape index (κ2) is 8.79. The molecular weight excluding hydrogens is 374 g/mol.